The number of anilines is 1. The van der Waals surface area contributed by atoms with E-state index in [2.05, 4.69) is 15.1 Å². The molecule has 0 aliphatic carbocycles. The molecule has 1 aliphatic heterocycles. The van der Waals surface area contributed by atoms with Gasteiger partial charge in [0, 0.05) is 0 Å². The number of nitrogens with zero attached hydrogens (tertiary/aromatic N) is 4. The molecule has 0 radical (unpaired) electrons. The summed E-state index contributed by atoms with van der Waals surface area (Å²) in [6.07, 6.45) is -2.53. The van der Waals surface area contributed by atoms with Crippen LogP contribution in [0.2, 0.25) is 5.28 Å². The van der Waals surface area contributed by atoms with Gasteiger partial charge in [0.15, 0.2) is 17.6 Å². The zero-order chi connectivity index (χ0) is 23.5. The highest BCUT2D eigenvalue weighted by Gasteiger charge is 2.48. The Balaban J connectivity index is 1.36. The van der Waals surface area contributed by atoms with E-state index in [9.17, 15) is 0 Å². The van der Waals surface area contributed by atoms with Crippen molar-refractivity contribution in [1.29, 1.82) is 0 Å². The first-order valence-corrected chi connectivity index (χ1v) is 11.2. The topological polar surface area (TPSA) is 96.8 Å². The number of rotatable bonds is 8. The summed E-state index contributed by atoms with van der Waals surface area (Å²) in [5, 5.41) is 4.06. The van der Waals surface area contributed by atoms with Gasteiger partial charge in [0.2, 0.25) is 5.28 Å². The predicted molar refractivity (Wildman–Crippen MR) is 124 cm³/mol. The summed E-state index contributed by atoms with van der Waals surface area (Å²) < 4.78 is 35.1. The van der Waals surface area contributed by atoms with Crippen LogP contribution in [0.25, 0.3) is 5.65 Å². The van der Waals surface area contributed by atoms with Gasteiger partial charge in [0.1, 0.15) is 18.3 Å². The second kappa shape index (κ2) is 10.0. The molecule has 3 heterocycles. The van der Waals surface area contributed by atoms with Crippen LogP contribution >= 0.6 is 11.6 Å². The molecule has 0 saturated carbocycles. The van der Waals surface area contributed by atoms with Crippen molar-refractivity contribution < 1.29 is 18.6 Å². The molecule has 2 aromatic heterocycles. The van der Waals surface area contributed by atoms with Gasteiger partial charge in [-0.05, 0) is 22.7 Å². The summed E-state index contributed by atoms with van der Waals surface area (Å²) in [5.41, 5.74) is 8.49. The second-order valence-electron chi connectivity index (χ2n) is 7.99. The largest absolute Gasteiger partial charge is 0.380 e. The number of fused-ring (bicyclic) bond motifs is 1. The molecule has 4 aromatic rings. The fourth-order valence-corrected chi connectivity index (χ4v) is 4.17. The molecule has 5 rings (SSSR count). The number of ether oxygens (including phenoxy) is 3. The SMILES string of the molecule is Nc1nc(Cl)nn2c(C3O[C@H](COCc4ccccc4)[C@@H](OCc4ccccc4)[C@@H]3F)cnc12. The molecule has 1 aliphatic rings. The molecule has 4 atom stereocenters. The number of nitrogen functional groups attached to an aromatic ring is 1. The van der Waals surface area contributed by atoms with Gasteiger partial charge in [-0.25, -0.2) is 13.9 Å². The molecular formula is C24H23ClFN5O3. The number of alkyl halides is 1. The Morgan fingerprint density at radius 3 is 2.41 bits per heavy atom. The Kier molecular flexibility index (Phi) is 6.68. The van der Waals surface area contributed by atoms with Crippen LogP contribution < -0.4 is 5.73 Å². The Morgan fingerprint density at radius 1 is 1.03 bits per heavy atom. The van der Waals surface area contributed by atoms with E-state index in [4.69, 9.17) is 31.5 Å². The minimum atomic E-state index is -1.50. The van der Waals surface area contributed by atoms with Crippen LogP contribution in [0.3, 0.4) is 0 Å². The lowest BCUT2D eigenvalue weighted by molar-refractivity contribution is -0.0742. The van der Waals surface area contributed by atoms with Crippen molar-refractivity contribution in [2.24, 2.45) is 0 Å². The first-order chi connectivity index (χ1) is 16.6. The van der Waals surface area contributed by atoms with Crippen molar-refractivity contribution >= 4 is 23.1 Å². The molecule has 34 heavy (non-hydrogen) atoms. The Morgan fingerprint density at radius 2 is 1.71 bits per heavy atom. The number of halogens is 2. The third-order valence-electron chi connectivity index (χ3n) is 5.65. The summed E-state index contributed by atoms with van der Waals surface area (Å²) in [7, 11) is 0. The van der Waals surface area contributed by atoms with Crippen molar-refractivity contribution in [3.63, 3.8) is 0 Å². The van der Waals surface area contributed by atoms with Crippen LogP contribution in [0.15, 0.2) is 66.9 Å². The number of imidazole rings is 1. The predicted octanol–water partition coefficient (Wildman–Crippen LogP) is 3.94. The van der Waals surface area contributed by atoms with Gasteiger partial charge >= 0.3 is 0 Å². The van der Waals surface area contributed by atoms with Crippen molar-refractivity contribution in [3.05, 3.63) is 89.0 Å². The number of hydrogen-bond donors (Lipinski definition) is 1. The normalized spacial score (nSPS) is 22.4. The van der Waals surface area contributed by atoms with Gasteiger partial charge < -0.3 is 19.9 Å². The smallest absolute Gasteiger partial charge is 0.243 e. The number of nitrogens with two attached hydrogens (primary N) is 1. The van der Waals surface area contributed by atoms with Crippen LogP contribution in [0, 0.1) is 0 Å². The van der Waals surface area contributed by atoms with E-state index in [1.807, 2.05) is 60.7 Å². The lowest BCUT2D eigenvalue weighted by Crippen LogP contribution is -2.34. The fourth-order valence-electron chi connectivity index (χ4n) is 4.01. The summed E-state index contributed by atoms with van der Waals surface area (Å²) in [6.45, 7) is 0.772. The van der Waals surface area contributed by atoms with Crippen LogP contribution in [0.4, 0.5) is 10.2 Å². The monoisotopic (exact) mass is 483 g/mol. The highest BCUT2D eigenvalue weighted by Crippen LogP contribution is 2.38. The van der Waals surface area contributed by atoms with E-state index >= 15 is 4.39 Å². The zero-order valence-corrected chi connectivity index (χ0v) is 18.9. The van der Waals surface area contributed by atoms with Gasteiger partial charge in [-0.2, -0.15) is 4.98 Å². The molecule has 0 bridgehead atoms. The van der Waals surface area contributed by atoms with E-state index in [1.165, 1.54) is 10.7 Å². The van der Waals surface area contributed by atoms with Gasteiger partial charge in [0.25, 0.3) is 0 Å². The lowest BCUT2D eigenvalue weighted by Gasteiger charge is -2.20. The van der Waals surface area contributed by atoms with Gasteiger partial charge in [-0.3, -0.25) is 0 Å². The number of aromatic nitrogens is 4. The average Bonchev–Trinajstić information content (AvgIpc) is 3.40. The van der Waals surface area contributed by atoms with Crippen LogP contribution in [-0.2, 0) is 27.4 Å². The first kappa shape index (κ1) is 22.7. The number of hydrogen-bond acceptors (Lipinski definition) is 7. The molecule has 1 saturated heterocycles. The standard InChI is InChI=1S/C24H23ClFN5O3/c25-24-29-22(27)23-28-11-17(31(23)30-24)20-19(26)21(33-13-16-9-5-2-6-10-16)18(34-20)14-32-12-15-7-3-1-4-8-15/h1-11,18-21H,12-14H2,(H2,27,29,30)/t18-,19-,20?,21-/m1/s1. The molecule has 1 fully saturated rings. The van der Waals surface area contributed by atoms with E-state index in [0.717, 1.165) is 11.1 Å². The minimum absolute atomic E-state index is 0.0720. The molecule has 2 aromatic carbocycles. The van der Waals surface area contributed by atoms with Gasteiger partial charge in [0.05, 0.1) is 31.7 Å². The molecule has 2 N–H and O–H groups in total. The van der Waals surface area contributed by atoms with Crippen LogP contribution in [0.1, 0.15) is 22.9 Å². The summed E-state index contributed by atoms with van der Waals surface area (Å²) in [5.74, 6) is 0.0966. The van der Waals surface area contributed by atoms with E-state index in [1.54, 1.807) is 0 Å². The maximum atomic E-state index is 15.8. The summed E-state index contributed by atoms with van der Waals surface area (Å²) >= 11 is 5.97. The fraction of sp³-hybridized carbons (Fsp3) is 0.292. The molecule has 0 amide bonds. The van der Waals surface area contributed by atoms with Crippen molar-refractivity contribution in [2.75, 3.05) is 12.3 Å². The highest BCUT2D eigenvalue weighted by atomic mass is 35.5. The Labute approximate surface area is 200 Å². The third kappa shape index (κ3) is 4.74. The molecule has 10 heteroatoms. The zero-order valence-electron chi connectivity index (χ0n) is 18.1. The quantitative estimate of drug-likeness (QED) is 0.405. The van der Waals surface area contributed by atoms with E-state index in [0.29, 0.717) is 12.3 Å². The van der Waals surface area contributed by atoms with Crippen molar-refractivity contribution in [2.45, 2.75) is 37.7 Å². The highest BCUT2D eigenvalue weighted by molar-refractivity contribution is 6.28. The first-order valence-electron chi connectivity index (χ1n) is 10.8. The maximum Gasteiger partial charge on any atom is 0.243 e. The minimum Gasteiger partial charge on any atom is -0.380 e. The molecular weight excluding hydrogens is 461 g/mol. The van der Waals surface area contributed by atoms with E-state index in [-0.39, 0.29) is 30.0 Å². The summed E-state index contributed by atoms with van der Waals surface area (Å²) in [4.78, 5) is 8.11. The van der Waals surface area contributed by atoms with E-state index < -0.39 is 24.5 Å². The van der Waals surface area contributed by atoms with Crippen molar-refractivity contribution in [3.8, 4) is 0 Å². The average molecular weight is 484 g/mol. The van der Waals surface area contributed by atoms with Gasteiger partial charge in [-0.15, -0.1) is 5.10 Å². The van der Waals surface area contributed by atoms with Crippen LogP contribution in [0.5, 0.6) is 0 Å². The third-order valence-corrected chi connectivity index (χ3v) is 5.81. The summed E-state index contributed by atoms with van der Waals surface area (Å²) in [6, 6.07) is 19.3. The maximum absolute atomic E-state index is 15.8. The van der Waals surface area contributed by atoms with Crippen LogP contribution in [-0.4, -0.2) is 44.6 Å². The van der Waals surface area contributed by atoms with Gasteiger partial charge in [-0.1, -0.05) is 60.7 Å². The van der Waals surface area contributed by atoms with Crippen molar-refractivity contribution in [1.82, 2.24) is 19.6 Å². The molecule has 1 unspecified atom stereocenters. The second-order valence-corrected chi connectivity index (χ2v) is 8.32. The number of benzene rings is 2. The molecule has 176 valence electrons. The molecule has 8 nitrogen and oxygen atoms in total. The molecule has 0 spiro atoms. The lowest BCUT2D eigenvalue weighted by atomic mass is 10.1. The Hall–Kier alpha value is -3.11. The Bertz CT molecular complexity index is 1240.